The summed E-state index contributed by atoms with van der Waals surface area (Å²) in [6.45, 7) is 0. The van der Waals surface area contributed by atoms with Gasteiger partial charge in [-0.1, -0.05) is 6.07 Å². The fraction of sp³-hybridized carbons (Fsp3) is 0.200. The number of esters is 1. The second-order valence-corrected chi connectivity index (χ2v) is 3.45. The highest BCUT2D eigenvalue weighted by atomic mass is 19.4. The molecule has 0 saturated heterocycles. The molecule has 2 rings (SSSR count). The number of hydrogen-bond donors (Lipinski definition) is 0. The maximum atomic E-state index is 12.6. The third-order valence-corrected chi connectivity index (χ3v) is 2.23. The molecule has 0 aliphatic heterocycles. The number of tetrazole rings is 1. The van der Waals surface area contributed by atoms with E-state index in [1.165, 1.54) is 31.4 Å². The van der Waals surface area contributed by atoms with Crippen molar-refractivity contribution in [3.8, 4) is 5.69 Å². The smallest absolute Gasteiger partial charge is 0.453 e. The molecule has 1 aromatic carbocycles. The lowest BCUT2D eigenvalue weighted by atomic mass is 10.2. The number of halogens is 3. The van der Waals surface area contributed by atoms with Crippen molar-refractivity contribution in [3.63, 3.8) is 0 Å². The van der Waals surface area contributed by atoms with Crippen molar-refractivity contribution in [3.05, 3.63) is 35.7 Å². The Bertz CT molecular complexity index is 609. The molecule has 19 heavy (non-hydrogen) atoms. The predicted octanol–water partition coefficient (Wildman–Crippen LogP) is 1.47. The Labute approximate surface area is 104 Å². The quantitative estimate of drug-likeness (QED) is 0.774. The Morgan fingerprint density at radius 2 is 2.11 bits per heavy atom. The number of aromatic nitrogens is 4. The van der Waals surface area contributed by atoms with Crippen LogP contribution in [0.5, 0.6) is 0 Å². The van der Waals surface area contributed by atoms with Gasteiger partial charge >= 0.3 is 12.1 Å². The number of rotatable bonds is 2. The monoisotopic (exact) mass is 272 g/mol. The van der Waals surface area contributed by atoms with E-state index < -0.39 is 18.0 Å². The van der Waals surface area contributed by atoms with Crippen LogP contribution in [-0.4, -0.2) is 33.3 Å². The zero-order valence-corrected chi connectivity index (χ0v) is 9.55. The van der Waals surface area contributed by atoms with Crippen LogP contribution in [-0.2, 0) is 10.9 Å². The summed E-state index contributed by atoms with van der Waals surface area (Å²) in [5, 5.41) is 9.17. The summed E-state index contributed by atoms with van der Waals surface area (Å²) in [5.41, 5.74) is 0.115. The molecule has 0 radical (unpaired) electrons. The Kier molecular flexibility index (Phi) is 3.19. The zero-order valence-electron chi connectivity index (χ0n) is 9.55. The van der Waals surface area contributed by atoms with Gasteiger partial charge in [0.15, 0.2) is 0 Å². The SMILES string of the molecule is COC(=O)c1cccc(-n2nnnc2C(F)(F)F)c1. The molecule has 0 aliphatic carbocycles. The summed E-state index contributed by atoms with van der Waals surface area (Å²) in [6, 6.07) is 5.37. The van der Waals surface area contributed by atoms with Crippen molar-refractivity contribution in [2.45, 2.75) is 6.18 Å². The highest BCUT2D eigenvalue weighted by molar-refractivity contribution is 5.89. The number of ether oxygens (including phenoxy) is 1. The topological polar surface area (TPSA) is 69.9 Å². The van der Waals surface area contributed by atoms with Gasteiger partial charge in [0.25, 0.3) is 5.82 Å². The third kappa shape index (κ3) is 2.54. The normalized spacial score (nSPS) is 11.4. The van der Waals surface area contributed by atoms with Crippen LogP contribution < -0.4 is 0 Å². The second kappa shape index (κ2) is 4.67. The van der Waals surface area contributed by atoms with Gasteiger partial charge in [-0.2, -0.15) is 17.9 Å². The minimum Gasteiger partial charge on any atom is -0.465 e. The molecule has 1 aromatic heterocycles. The predicted molar refractivity (Wildman–Crippen MR) is 55.5 cm³/mol. The minimum atomic E-state index is -4.69. The van der Waals surface area contributed by atoms with Crippen LogP contribution in [0.25, 0.3) is 5.69 Å². The van der Waals surface area contributed by atoms with E-state index in [1.54, 1.807) is 0 Å². The van der Waals surface area contributed by atoms with E-state index in [0.29, 0.717) is 4.68 Å². The first-order valence-corrected chi connectivity index (χ1v) is 4.98. The average Bonchev–Trinajstić information content (AvgIpc) is 2.87. The van der Waals surface area contributed by atoms with Gasteiger partial charge in [0, 0.05) is 0 Å². The number of hydrogen-bond acceptors (Lipinski definition) is 5. The summed E-state index contributed by atoms with van der Waals surface area (Å²) in [6.07, 6.45) is -4.69. The number of carbonyl (C=O) groups excluding carboxylic acids is 1. The van der Waals surface area contributed by atoms with Gasteiger partial charge in [-0.05, 0) is 28.6 Å². The molecular formula is C10H7F3N4O2. The first kappa shape index (κ1) is 13.0. The largest absolute Gasteiger partial charge is 0.465 e. The molecule has 100 valence electrons. The Balaban J connectivity index is 2.49. The van der Waals surface area contributed by atoms with Crippen LogP contribution in [0.3, 0.4) is 0 Å². The molecule has 0 aliphatic rings. The summed E-state index contributed by atoms with van der Waals surface area (Å²) >= 11 is 0. The van der Waals surface area contributed by atoms with Gasteiger partial charge in [0.05, 0.1) is 18.4 Å². The van der Waals surface area contributed by atoms with Gasteiger partial charge in [-0.3, -0.25) is 0 Å². The van der Waals surface area contributed by atoms with Crippen molar-refractivity contribution in [1.82, 2.24) is 20.2 Å². The van der Waals surface area contributed by atoms with Gasteiger partial charge in [-0.25, -0.2) is 4.79 Å². The van der Waals surface area contributed by atoms with E-state index >= 15 is 0 Å². The Hall–Kier alpha value is -2.45. The van der Waals surface area contributed by atoms with E-state index in [4.69, 9.17) is 0 Å². The maximum Gasteiger partial charge on any atom is 0.453 e. The van der Waals surface area contributed by atoms with E-state index in [1.807, 2.05) is 0 Å². The molecule has 0 N–H and O–H groups in total. The molecular weight excluding hydrogens is 265 g/mol. The zero-order chi connectivity index (χ0) is 14.0. The Morgan fingerprint density at radius 1 is 1.37 bits per heavy atom. The number of alkyl halides is 3. The second-order valence-electron chi connectivity index (χ2n) is 3.45. The van der Waals surface area contributed by atoms with Crippen LogP contribution in [0.1, 0.15) is 16.2 Å². The summed E-state index contributed by atoms with van der Waals surface area (Å²) in [7, 11) is 1.17. The molecule has 0 fully saturated rings. The van der Waals surface area contributed by atoms with E-state index in [0.717, 1.165) is 0 Å². The van der Waals surface area contributed by atoms with Crippen molar-refractivity contribution >= 4 is 5.97 Å². The number of carbonyl (C=O) groups is 1. The third-order valence-electron chi connectivity index (χ3n) is 2.23. The van der Waals surface area contributed by atoms with Crippen LogP contribution in [0.2, 0.25) is 0 Å². The van der Waals surface area contributed by atoms with Crippen LogP contribution in [0.15, 0.2) is 24.3 Å². The lowest BCUT2D eigenvalue weighted by Gasteiger charge is -2.08. The average molecular weight is 272 g/mol. The van der Waals surface area contributed by atoms with Crippen molar-refractivity contribution in [1.29, 1.82) is 0 Å². The first-order chi connectivity index (χ1) is 8.93. The first-order valence-electron chi connectivity index (χ1n) is 4.98. The van der Waals surface area contributed by atoms with E-state index in [-0.39, 0.29) is 11.3 Å². The van der Waals surface area contributed by atoms with E-state index in [2.05, 4.69) is 20.3 Å². The summed E-state index contributed by atoms with van der Waals surface area (Å²) < 4.78 is 42.9. The fourth-order valence-electron chi connectivity index (χ4n) is 1.42. The molecule has 2 aromatic rings. The van der Waals surface area contributed by atoms with Crippen LogP contribution >= 0.6 is 0 Å². The number of benzene rings is 1. The molecule has 1 heterocycles. The van der Waals surface area contributed by atoms with Gasteiger partial charge in [0.1, 0.15) is 0 Å². The van der Waals surface area contributed by atoms with Gasteiger partial charge < -0.3 is 4.74 Å². The number of nitrogens with zero attached hydrogens (tertiary/aromatic N) is 4. The van der Waals surface area contributed by atoms with Crippen molar-refractivity contribution in [2.24, 2.45) is 0 Å². The highest BCUT2D eigenvalue weighted by Crippen LogP contribution is 2.28. The van der Waals surface area contributed by atoms with E-state index in [9.17, 15) is 18.0 Å². The summed E-state index contributed by atoms with van der Waals surface area (Å²) in [4.78, 5) is 11.3. The van der Waals surface area contributed by atoms with Crippen molar-refractivity contribution in [2.75, 3.05) is 7.11 Å². The molecule has 0 spiro atoms. The lowest BCUT2D eigenvalue weighted by Crippen LogP contribution is -2.15. The molecule has 0 atom stereocenters. The number of methoxy groups -OCH3 is 1. The molecule has 6 nitrogen and oxygen atoms in total. The van der Waals surface area contributed by atoms with Crippen molar-refractivity contribution < 1.29 is 22.7 Å². The highest BCUT2D eigenvalue weighted by Gasteiger charge is 2.38. The molecule has 0 unspecified atom stereocenters. The van der Waals surface area contributed by atoms with Crippen LogP contribution in [0.4, 0.5) is 13.2 Å². The van der Waals surface area contributed by atoms with Crippen LogP contribution in [0, 0.1) is 0 Å². The summed E-state index contributed by atoms with van der Waals surface area (Å²) in [5.74, 6) is -1.93. The molecule has 0 amide bonds. The molecule has 9 heteroatoms. The molecule has 0 saturated carbocycles. The lowest BCUT2D eigenvalue weighted by molar-refractivity contribution is -0.146. The Morgan fingerprint density at radius 3 is 2.74 bits per heavy atom. The maximum absolute atomic E-state index is 12.6. The minimum absolute atomic E-state index is 0.0141. The molecule has 0 bridgehead atoms. The standard InChI is InChI=1S/C10H7F3N4O2/c1-19-8(18)6-3-2-4-7(5-6)17-9(10(11,12)13)14-15-16-17/h2-5H,1H3. The van der Waals surface area contributed by atoms with Gasteiger partial charge in [-0.15, -0.1) is 5.10 Å². The van der Waals surface area contributed by atoms with Gasteiger partial charge in [0.2, 0.25) is 0 Å². The fourth-order valence-corrected chi connectivity index (χ4v) is 1.42.